The summed E-state index contributed by atoms with van der Waals surface area (Å²) in [7, 11) is 2.13. The number of likely N-dealkylation sites (N-methyl/N-ethyl adjacent to an activating group) is 1. The first-order valence-electron chi connectivity index (χ1n) is 6.77. The average Bonchev–Trinajstić information content (AvgIpc) is 3.08. The van der Waals surface area contributed by atoms with Crippen molar-refractivity contribution >= 4 is 34.7 Å². The van der Waals surface area contributed by atoms with E-state index in [-0.39, 0.29) is 0 Å². The normalized spacial score (nSPS) is 13.1. The summed E-state index contributed by atoms with van der Waals surface area (Å²) in [5.74, 6) is -0.911. The van der Waals surface area contributed by atoms with E-state index in [2.05, 4.69) is 42.5 Å². The molecule has 0 saturated heterocycles. The number of carbonyl (C=O) groups is 1. The number of thiophene rings is 2. The molecule has 0 amide bonds. The maximum Gasteiger partial charge on any atom is 0.328 e. The molecule has 0 fully saturated rings. The summed E-state index contributed by atoms with van der Waals surface area (Å²) in [6, 6.07) is 8.78. The van der Waals surface area contributed by atoms with Crippen molar-refractivity contribution in [2.24, 2.45) is 0 Å². The highest BCUT2D eigenvalue weighted by molar-refractivity contribution is 7.12. The van der Waals surface area contributed by atoms with E-state index in [0.717, 1.165) is 17.8 Å². The monoisotopic (exact) mass is 321 g/mol. The first-order chi connectivity index (χ1) is 10.0. The molecule has 5 heteroatoms. The predicted molar refractivity (Wildman–Crippen MR) is 89.9 cm³/mol. The van der Waals surface area contributed by atoms with Gasteiger partial charge in [-0.05, 0) is 50.0 Å². The van der Waals surface area contributed by atoms with Gasteiger partial charge >= 0.3 is 5.97 Å². The van der Waals surface area contributed by atoms with Crippen LogP contribution in [-0.4, -0.2) is 29.1 Å². The van der Waals surface area contributed by atoms with Crippen molar-refractivity contribution in [3.63, 3.8) is 0 Å². The quantitative estimate of drug-likeness (QED) is 0.785. The zero-order chi connectivity index (χ0) is 15.2. The molecule has 3 nitrogen and oxygen atoms in total. The van der Waals surface area contributed by atoms with Gasteiger partial charge in [0, 0.05) is 33.3 Å². The van der Waals surface area contributed by atoms with Crippen LogP contribution < -0.4 is 0 Å². The molecule has 0 aliphatic heterocycles. The Morgan fingerprint density at radius 3 is 2.86 bits per heavy atom. The van der Waals surface area contributed by atoms with Crippen LogP contribution in [0.5, 0.6) is 0 Å². The Hall–Kier alpha value is -1.43. The SMILES string of the molecule is CC(Cc1cccs1)N(C)Cc1ccc(C=CC(=O)O)s1. The van der Waals surface area contributed by atoms with Crippen LogP contribution in [0, 0.1) is 0 Å². The second kappa shape index (κ2) is 7.54. The van der Waals surface area contributed by atoms with E-state index >= 15 is 0 Å². The minimum absolute atomic E-state index is 0.476. The van der Waals surface area contributed by atoms with Crippen LogP contribution in [0.4, 0.5) is 0 Å². The van der Waals surface area contributed by atoms with Gasteiger partial charge in [0.2, 0.25) is 0 Å². The van der Waals surface area contributed by atoms with E-state index in [9.17, 15) is 4.79 Å². The molecule has 0 saturated carbocycles. The zero-order valence-electron chi connectivity index (χ0n) is 12.2. The van der Waals surface area contributed by atoms with Crippen LogP contribution >= 0.6 is 22.7 Å². The summed E-state index contributed by atoms with van der Waals surface area (Å²) in [5.41, 5.74) is 0. The molecule has 2 heterocycles. The van der Waals surface area contributed by atoms with Gasteiger partial charge in [0.1, 0.15) is 0 Å². The third-order valence-corrected chi connectivity index (χ3v) is 5.24. The Balaban J connectivity index is 1.90. The van der Waals surface area contributed by atoms with Crippen LogP contribution in [0.15, 0.2) is 35.7 Å². The largest absolute Gasteiger partial charge is 0.478 e. The lowest BCUT2D eigenvalue weighted by atomic mass is 10.2. The van der Waals surface area contributed by atoms with Gasteiger partial charge in [-0.3, -0.25) is 4.90 Å². The lowest BCUT2D eigenvalue weighted by molar-refractivity contribution is -0.131. The van der Waals surface area contributed by atoms with Crippen molar-refractivity contribution in [3.05, 3.63) is 50.4 Å². The van der Waals surface area contributed by atoms with Gasteiger partial charge in [-0.15, -0.1) is 22.7 Å². The Labute approximate surface area is 133 Å². The topological polar surface area (TPSA) is 40.5 Å². The van der Waals surface area contributed by atoms with Gasteiger partial charge in [0.25, 0.3) is 0 Å². The lowest BCUT2D eigenvalue weighted by Crippen LogP contribution is -2.29. The standard InChI is InChI=1S/C16H19NO2S2/c1-12(10-14-4-3-9-20-14)17(2)11-15-6-5-13(21-15)7-8-16(18)19/h3-9,12H,10-11H2,1-2H3,(H,18,19). The molecule has 0 spiro atoms. The molecule has 0 radical (unpaired) electrons. The molecule has 21 heavy (non-hydrogen) atoms. The molecule has 0 bridgehead atoms. The van der Waals surface area contributed by atoms with Crippen LogP contribution in [0.1, 0.15) is 21.6 Å². The highest BCUT2D eigenvalue weighted by Gasteiger charge is 2.12. The van der Waals surface area contributed by atoms with Gasteiger partial charge in [-0.2, -0.15) is 0 Å². The Morgan fingerprint density at radius 1 is 1.38 bits per heavy atom. The van der Waals surface area contributed by atoms with E-state index in [4.69, 9.17) is 5.11 Å². The number of aliphatic carboxylic acids is 1. The van der Waals surface area contributed by atoms with E-state index in [1.807, 2.05) is 6.07 Å². The predicted octanol–water partition coefficient (Wildman–Crippen LogP) is 3.97. The summed E-state index contributed by atoms with van der Waals surface area (Å²) in [6.07, 6.45) is 3.88. The number of nitrogens with zero attached hydrogens (tertiary/aromatic N) is 1. The molecule has 1 unspecified atom stereocenters. The van der Waals surface area contributed by atoms with Crippen molar-refractivity contribution in [2.75, 3.05) is 7.05 Å². The van der Waals surface area contributed by atoms with Gasteiger partial charge in [0.15, 0.2) is 0 Å². The summed E-state index contributed by atoms with van der Waals surface area (Å²) in [5, 5.41) is 10.7. The Bertz CT molecular complexity index is 602. The highest BCUT2D eigenvalue weighted by Crippen LogP contribution is 2.21. The third-order valence-electron chi connectivity index (χ3n) is 3.31. The third kappa shape index (κ3) is 5.12. The maximum absolute atomic E-state index is 10.5. The number of carboxylic acids is 1. The first-order valence-corrected chi connectivity index (χ1v) is 8.46. The van der Waals surface area contributed by atoms with E-state index in [1.165, 1.54) is 15.8 Å². The van der Waals surface area contributed by atoms with Crippen LogP contribution in [0.3, 0.4) is 0 Å². The smallest absolute Gasteiger partial charge is 0.328 e. The first kappa shape index (κ1) is 15.9. The summed E-state index contributed by atoms with van der Waals surface area (Å²) >= 11 is 3.44. The van der Waals surface area contributed by atoms with Crippen LogP contribution in [0.25, 0.3) is 6.08 Å². The molecule has 0 aliphatic carbocycles. The van der Waals surface area contributed by atoms with Crippen LogP contribution in [0.2, 0.25) is 0 Å². The van der Waals surface area contributed by atoms with Crippen molar-refractivity contribution in [1.29, 1.82) is 0 Å². The molecule has 1 atom stereocenters. The molecule has 112 valence electrons. The Kier molecular flexibility index (Phi) is 5.73. The fraction of sp³-hybridized carbons (Fsp3) is 0.312. The molecule has 0 aliphatic rings. The molecule has 2 aromatic heterocycles. The summed E-state index contributed by atoms with van der Waals surface area (Å²) in [4.78, 5) is 16.5. The van der Waals surface area contributed by atoms with Crippen molar-refractivity contribution < 1.29 is 9.90 Å². The molecule has 0 aromatic carbocycles. The van der Waals surface area contributed by atoms with Gasteiger partial charge in [-0.25, -0.2) is 4.79 Å². The second-order valence-corrected chi connectivity index (χ2v) is 7.26. The number of rotatable bonds is 7. The molecule has 2 rings (SSSR count). The van der Waals surface area contributed by atoms with E-state index in [0.29, 0.717) is 6.04 Å². The minimum atomic E-state index is -0.911. The summed E-state index contributed by atoms with van der Waals surface area (Å²) in [6.45, 7) is 3.12. The van der Waals surface area contributed by atoms with Crippen molar-refractivity contribution in [3.8, 4) is 0 Å². The van der Waals surface area contributed by atoms with E-state index in [1.54, 1.807) is 28.7 Å². The second-order valence-electron chi connectivity index (χ2n) is 5.02. The summed E-state index contributed by atoms with van der Waals surface area (Å²) < 4.78 is 0. The van der Waals surface area contributed by atoms with Crippen molar-refractivity contribution in [1.82, 2.24) is 4.90 Å². The molecule has 2 aromatic rings. The number of hydrogen-bond acceptors (Lipinski definition) is 4. The van der Waals surface area contributed by atoms with Gasteiger partial charge in [-0.1, -0.05) is 6.07 Å². The van der Waals surface area contributed by atoms with Gasteiger partial charge < -0.3 is 5.11 Å². The minimum Gasteiger partial charge on any atom is -0.478 e. The van der Waals surface area contributed by atoms with Crippen LogP contribution in [-0.2, 0) is 17.8 Å². The maximum atomic E-state index is 10.5. The number of hydrogen-bond donors (Lipinski definition) is 1. The zero-order valence-corrected chi connectivity index (χ0v) is 13.8. The fourth-order valence-corrected chi connectivity index (χ4v) is 3.81. The number of carboxylic acid groups (broad SMARTS) is 1. The van der Waals surface area contributed by atoms with E-state index < -0.39 is 5.97 Å². The lowest BCUT2D eigenvalue weighted by Gasteiger charge is -2.23. The molecular weight excluding hydrogens is 302 g/mol. The van der Waals surface area contributed by atoms with Crippen molar-refractivity contribution in [2.45, 2.75) is 25.9 Å². The average molecular weight is 321 g/mol. The molecule has 1 N–H and O–H groups in total. The van der Waals surface area contributed by atoms with Gasteiger partial charge in [0.05, 0.1) is 0 Å². The highest BCUT2D eigenvalue weighted by atomic mass is 32.1. The molecular formula is C16H19NO2S2. The fourth-order valence-electron chi connectivity index (χ4n) is 2.00. The Morgan fingerprint density at radius 2 is 2.19 bits per heavy atom.